The minimum absolute atomic E-state index is 0.00796. The van der Waals surface area contributed by atoms with Gasteiger partial charge in [-0.1, -0.05) is 12.1 Å². The van der Waals surface area contributed by atoms with Crippen LogP contribution >= 0.6 is 15.9 Å². The smallest absolute Gasteiger partial charge is 0.397 e. The summed E-state index contributed by atoms with van der Waals surface area (Å²) in [5.41, 5.74) is 6.14. The molecule has 4 aliphatic rings. The van der Waals surface area contributed by atoms with Crippen LogP contribution in [0.15, 0.2) is 45.7 Å². The number of piperidine rings is 3. The zero-order chi connectivity index (χ0) is 35.3. The number of H-pyrrole nitrogens is 1. The van der Waals surface area contributed by atoms with Crippen molar-refractivity contribution in [2.45, 2.75) is 88.5 Å². The zero-order valence-electron chi connectivity index (χ0n) is 28.4. The number of alkyl halides is 3. The lowest BCUT2D eigenvalue weighted by molar-refractivity contribution is -0.143. The molecule has 3 aromatic rings. The van der Waals surface area contributed by atoms with Crippen molar-refractivity contribution in [3.63, 3.8) is 0 Å². The lowest BCUT2D eigenvalue weighted by atomic mass is 9.76. The Morgan fingerprint density at radius 2 is 1.56 bits per heavy atom. The van der Waals surface area contributed by atoms with Crippen molar-refractivity contribution in [3.8, 4) is 0 Å². The number of fused-ring (bicyclic) bond motifs is 3. The van der Waals surface area contributed by atoms with Crippen molar-refractivity contribution in [1.29, 1.82) is 0 Å². The van der Waals surface area contributed by atoms with E-state index in [0.29, 0.717) is 68.5 Å². The van der Waals surface area contributed by atoms with Gasteiger partial charge in [0.25, 0.3) is 0 Å². The number of nitrogens with zero attached hydrogens (tertiary/aromatic N) is 4. The number of halogens is 4. The van der Waals surface area contributed by atoms with E-state index in [0.717, 1.165) is 29.9 Å². The Morgan fingerprint density at radius 1 is 0.920 bits per heavy atom. The largest absolute Gasteiger partial charge is 0.418 e. The molecule has 3 atom stereocenters. The number of hydrogen-bond acceptors (Lipinski definition) is 5. The lowest BCUT2D eigenvalue weighted by Crippen LogP contribution is -2.47. The lowest BCUT2D eigenvalue weighted by Gasteiger charge is -2.43. The number of aromatic amines is 1. The fourth-order valence-corrected chi connectivity index (χ4v) is 9.90. The second-order valence-electron chi connectivity index (χ2n) is 15.0. The fraction of sp³-hybridized carbons (Fsp3) is 0.595. The summed E-state index contributed by atoms with van der Waals surface area (Å²) in [5.74, 6) is 0.0275. The van der Waals surface area contributed by atoms with Crippen molar-refractivity contribution in [2.75, 3.05) is 39.0 Å². The summed E-state index contributed by atoms with van der Waals surface area (Å²) in [4.78, 5) is 49.8. The van der Waals surface area contributed by atoms with E-state index in [-0.39, 0.29) is 40.9 Å². The average molecular weight is 760 g/mol. The summed E-state index contributed by atoms with van der Waals surface area (Å²) < 4.78 is 43.6. The molecule has 3 N–H and O–H groups in total. The monoisotopic (exact) mass is 758 g/mol. The van der Waals surface area contributed by atoms with Crippen molar-refractivity contribution in [2.24, 2.45) is 17.8 Å². The van der Waals surface area contributed by atoms with E-state index in [9.17, 15) is 27.6 Å². The summed E-state index contributed by atoms with van der Waals surface area (Å²) in [5, 5.41) is 0. The molecule has 4 saturated heterocycles. The minimum Gasteiger partial charge on any atom is -0.397 e. The van der Waals surface area contributed by atoms with Gasteiger partial charge < -0.3 is 25.4 Å². The number of amides is 2. The number of imidazole rings is 1. The Balaban J connectivity index is 1.05. The van der Waals surface area contributed by atoms with Gasteiger partial charge in [-0.25, -0.2) is 4.79 Å². The number of carbonyl (C=O) groups is 2. The van der Waals surface area contributed by atoms with Crippen LogP contribution in [0.3, 0.4) is 0 Å². The van der Waals surface area contributed by atoms with E-state index in [2.05, 4.69) is 32.9 Å². The summed E-state index contributed by atoms with van der Waals surface area (Å²) in [6, 6.07) is 11.3. The molecule has 0 aliphatic carbocycles. The van der Waals surface area contributed by atoms with Gasteiger partial charge >= 0.3 is 11.9 Å². The number of nitrogens with two attached hydrogens (primary N) is 1. The molecule has 4 aliphatic heterocycles. The summed E-state index contributed by atoms with van der Waals surface area (Å²) in [6.45, 7) is 2.04. The summed E-state index contributed by atoms with van der Waals surface area (Å²) in [6.07, 6.45) is 3.16. The highest BCUT2D eigenvalue weighted by molar-refractivity contribution is 9.10. The molecule has 7 rings (SSSR count). The molecule has 2 aromatic carbocycles. The first-order chi connectivity index (χ1) is 23.9. The van der Waals surface area contributed by atoms with Gasteiger partial charge in [-0.2, -0.15) is 13.2 Å². The molecule has 9 nitrogen and oxygen atoms in total. The van der Waals surface area contributed by atoms with E-state index in [1.807, 2.05) is 29.2 Å². The topological polar surface area (TPSA) is 108 Å². The maximum atomic E-state index is 14.2. The number of nitrogens with one attached hydrogen (secondary N) is 1. The molecule has 2 unspecified atom stereocenters. The Bertz CT molecular complexity index is 1780. The molecule has 0 spiro atoms. The van der Waals surface area contributed by atoms with Crippen LogP contribution in [-0.2, 0) is 22.2 Å². The molecule has 2 amide bonds. The molecular formula is C37H46BrF3N6O3. The first-order valence-corrected chi connectivity index (χ1v) is 18.8. The highest BCUT2D eigenvalue weighted by Crippen LogP contribution is 2.43. The van der Waals surface area contributed by atoms with E-state index >= 15 is 0 Å². The molecule has 1 aromatic heterocycles. The molecule has 5 heterocycles. The Kier molecular flexibility index (Phi) is 9.83. The molecule has 0 saturated carbocycles. The molecule has 50 heavy (non-hydrogen) atoms. The maximum absolute atomic E-state index is 14.2. The van der Waals surface area contributed by atoms with Gasteiger partial charge in [-0.05, 0) is 122 Å². The van der Waals surface area contributed by atoms with Crippen LogP contribution in [0, 0.1) is 17.8 Å². The highest BCUT2D eigenvalue weighted by atomic mass is 79.9. The predicted octanol–water partition coefficient (Wildman–Crippen LogP) is 6.22. The fourth-order valence-electron chi connectivity index (χ4n) is 9.40. The summed E-state index contributed by atoms with van der Waals surface area (Å²) >= 11 is 3.18. The van der Waals surface area contributed by atoms with E-state index < -0.39 is 23.3 Å². The Morgan fingerprint density at radius 3 is 2.22 bits per heavy atom. The number of anilines is 1. The number of nitrogen functional groups attached to an aromatic ring is 1. The number of rotatable bonds is 7. The van der Waals surface area contributed by atoms with Crippen LogP contribution in [-0.4, -0.2) is 81.4 Å². The first kappa shape index (κ1) is 35.1. The summed E-state index contributed by atoms with van der Waals surface area (Å²) in [7, 11) is 2.24. The molecule has 270 valence electrons. The third-order valence-electron chi connectivity index (χ3n) is 12.2. The van der Waals surface area contributed by atoms with Crippen LogP contribution in [0.4, 0.5) is 18.9 Å². The van der Waals surface area contributed by atoms with Gasteiger partial charge in [0, 0.05) is 55.2 Å². The molecule has 13 heteroatoms. The van der Waals surface area contributed by atoms with Crippen molar-refractivity contribution in [1.82, 2.24) is 24.3 Å². The molecular weight excluding hydrogens is 713 g/mol. The second kappa shape index (κ2) is 14.0. The van der Waals surface area contributed by atoms with E-state index in [4.69, 9.17) is 5.73 Å². The number of hydrogen-bond donors (Lipinski definition) is 2. The van der Waals surface area contributed by atoms with Crippen molar-refractivity contribution in [3.05, 3.63) is 62.5 Å². The first-order valence-electron chi connectivity index (χ1n) is 18.0. The number of para-hydroxylation sites is 2. The van der Waals surface area contributed by atoms with Gasteiger partial charge in [0.2, 0.25) is 11.8 Å². The van der Waals surface area contributed by atoms with Gasteiger partial charge in [0.15, 0.2) is 0 Å². The number of aromatic nitrogens is 2. The van der Waals surface area contributed by atoms with Crippen LogP contribution in [0.5, 0.6) is 0 Å². The van der Waals surface area contributed by atoms with Crippen molar-refractivity contribution < 1.29 is 22.8 Å². The number of carbonyl (C=O) groups excluding carboxylic acids is 2. The zero-order valence-corrected chi connectivity index (χ0v) is 30.0. The van der Waals surface area contributed by atoms with Crippen LogP contribution in [0.1, 0.15) is 75.0 Å². The van der Waals surface area contributed by atoms with Gasteiger partial charge in [-0.15, -0.1) is 0 Å². The Labute approximate surface area is 298 Å². The standard InChI is InChI=1S/C37H46BrF3N6O3/c1-44-27-6-7-28(44)20-24(19-27)23-8-12-46(13-9-23)35(49)25(16-22-17-29(37(39,40)41)34(42)30(38)18-22)21-33(48)45-14-10-26(11-15-45)47-32-5-3-2-4-31(32)43-36(47)50/h2-5,17-18,23-28H,6-16,19-21,42H2,1H3,(H,43,50)/t24?,25-,27?,28?/m0/s1. The SMILES string of the molecule is CN1C2CCC1CC(C1CCN(C(=O)[C@H](CC(=O)N3CCC(n4c(=O)[nH]c5ccccc54)CC3)Cc3cc(Br)c(N)c(C(F)(F)F)c3)CC1)C2. The van der Waals surface area contributed by atoms with Crippen LogP contribution in [0.2, 0.25) is 0 Å². The quantitative estimate of drug-likeness (QED) is 0.279. The third kappa shape index (κ3) is 6.96. The maximum Gasteiger partial charge on any atom is 0.418 e. The van der Waals surface area contributed by atoms with Gasteiger partial charge in [0.05, 0.1) is 28.2 Å². The Hall–Kier alpha value is -3.32. The van der Waals surface area contributed by atoms with E-state index in [1.54, 1.807) is 9.47 Å². The molecule has 2 bridgehead atoms. The van der Waals surface area contributed by atoms with E-state index in [1.165, 1.54) is 31.7 Å². The molecule has 4 fully saturated rings. The second-order valence-corrected chi connectivity index (χ2v) is 15.9. The van der Waals surface area contributed by atoms with Crippen LogP contribution < -0.4 is 11.4 Å². The average Bonchev–Trinajstić information content (AvgIpc) is 3.51. The molecule has 0 radical (unpaired) electrons. The number of likely N-dealkylation sites (tertiary alicyclic amines) is 2. The number of benzene rings is 2. The highest BCUT2D eigenvalue weighted by Gasteiger charge is 2.42. The third-order valence-corrected chi connectivity index (χ3v) is 12.9. The predicted molar refractivity (Wildman–Crippen MR) is 189 cm³/mol. The van der Waals surface area contributed by atoms with Crippen LogP contribution in [0.25, 0.3) is 11.0 Å². The van der Waals surface area contributed by atoms with Crippen molar-refractivity contribution >= 4 is 44.5 Å². The normalized spacial score (nSPS) is 24.6. The minimum atomic E-state index is -4.66. The van der Waals surface area contributed by atoms with Gasteiger partial charge in [-0.3, -0.25) is 14.2 Å². The van der Waals surface area contributed by atoms with Gasteiger partial charge in [0.1, 0.15) is 0 Å².